The molecule has 19 heavy (non-hydrogen) atoms. The fourth-order valence-corrected chi connectivity index (χ4v) is 2.18. The first-order valence-electron chi connectivity index (χ1n) is 6.12. The van der Waals surface area contributed by atoms with Crippen LogP contribution in [-0.2, 0) is 4.74 Å². The third-order valence-corrected chi connectivity index (χ3v) is 3.02. The van der Waals surface area contributed by atoms with Crippen molar-refractivity contribution in [2.45, 2.75) is 19.1 Å². The van der Waals surface area contributed by atoms with E-state index in [-0.39, 0.29) is 24.7 Å². The predicted octanol–water partition coefficient (Wildman–Crippen LogP) is -0.411. The lowest BCUT2D eigenvalue weighted by Crippen LogP contribution is -2.50. The summed E-state index contributed by atoms with van der Waals surface area (Å²) in [5.41, 5.74) is 3.40. The first-order valence-corrected chi connectivity index (χ1v) is 6.12. The highest BCUT2D eigenvalue weighted by Crippen LogP contribution is 2.18. The summed E-state index contributed by atoms with van der Waals surface area (Å²) in [4.78, 5) is 18.0. The molecule has 1 aromatic rings. The van der Waals surface area contributed by atoms with Gasteiger partial charge in [-0.3, -0.25) is 15.6 Å². The van der Waals surface area contributed by atoms with Crippen molar-refractivity contribution in [3.05, 3.63) is 24.0 Å². The van der Waals surface area contributed by atoms with Crippen LogP contribution in [0.3, 0.4) is 0 Å². The van der Waals surface area contributed by atoms with Crippen LogP contribution >= 0.6 is 0 Å². The van der Waals surface area contributed by atoms with Gasteiger partial charge < -0.3 is 20.2 Å². The minimum absolute atomic E-state index is 0.105. The number of morpholine rings is 1. The fourth-order valence-electron chi connectivity index (χ4n) is 2.18. The summed E-state index contributed by atoms with van der Waals surface area (Å²) < 4.78 is 5.51. The highest BCUT2D eigenvalue weighted by atomic mass is 16.5. The molecular weight excluding hydrogens is 248 g/mol. The molecule has 7 nitrogen and oxygen atoms in total. The van der Waals surface area contributed by atoms with Gasteiger partial charge in [0.15, 0.2) is 0 Å². The molecule has 2 rings (SSSR count). The molecule has 0 bridgehead atoms. The van der Waals surface area contributed by atoms with Gasteiger partial charge in [-0.2, -0.15) is 0 Å². The van der Waals surface area contributed by atoms with Gasteiger partial charge in [-0.1, -0.05) is 0 Å². The van der Waals surface area contributed by atoms with Crippen molar-refractivity contribution >= 4 is 11.6 Å². The van der Waals surface area contributed by atoms with E-state index in [9.17, 15) is 9.90 Å². The second-order valence-corrected chi connectivity index (χ2v) is 4.53. The first kappa shape index (κ1) is 13.7. The second kappa shape index (κ2) is 5.96. The van der Waals surface area contributed by atoms with Crippen molar-refractivity contribution in [2.75, 3.05) is 25.1 Å². The summed E-state index contributed by atoms with van der Waals surface area (Å²) in [5, 5.41) is 9.17. The molecule has 0 aromatic carbocycles. The summed E-state index contributed by atoms with van der Waals surface area (Å²) in [7, 11) is 0. The van der Waals surface area contributed by atoms with Gasteiger partial charge in [0.05, 0.1) is 36.3 Å². The standard InChI is InChI=1S/C12H18N4O3/c1-8-5-16(6-9(7-17)19-8)12(18)10-2-3-14-4-11(10)15-13/h2-4,8-9,15,17H,5-7,13H2,1H3. The number of hydrogen-bond donors (Lipinski definition) is 3. The lowest BCUT2D eigenvalue weighted by Gasteiger charge is -2.36. The fraction of sp³-hybridized carbons (Fsp3) is 0.500. The number of ether oxygens (including phenoxy) is 1. The molecule has 1 saturated heterocycles. The largest absolute Gasteiger partial charge is 0.394 e. The minimum atomic E-state index is -0.344. The van der Waals surface area contributed by atoms with Crippen molar-refractivity contribution in [3.63, 3.8) is 0 Å². The van der Waals surface area contributed by atoms with E-state index in [1.165, 1.54) is 6.20 Å². The van der Waals surface area contributed by atoms with E-state index in [0.29, 0.717) is 24.3 Å². The molecule has 0 aliphatic carbocycles. The number of hydrazine groups is 1. The molecule has 1 aromatic heterocycles. The molecule has 0 saturated carbocycles. The van der Waals surface area contributed by atoms with Crippen LogP contribution in [0.5, 0.6) is 0 Å². The molecule has 2 unspecified atom stereocenters. The molecule has 7 heteroatoms. The van der Waals surface area contributed by atoms with Gasteiger partial charge in [0, 0.05) is 19.3 Å². The number of rotatable bonds is 3. The molecular formula is C12H18N4O3. The number of carbonyl (C=O) groups excluding carboxylic acids is 1. The first-order chi connectivity index (χ1) is 9.15. The smallest absolute Gasteiger partial charge is 0.256 e. The predicted molar refractivity (Wildman–Crippen MR) is 69.4 cm³/mol. The molecule has 1 aliphatic rings. The highest BCUT2D eigenvalue weighted by molar-refractivity contribution is 5.99. The Morgan fingerprint density at radius 1 is 1.68 bits per heavy atom. The molecule has 0 spiro atoms. The number of anilines is 1. The number of nitrogen functional groups attached to an aromatic ring is 1. The lowest BCUT2D eigenvalue weighted by molar-refractivity contribution is -0.0858. The molecule has 0 radical (unpaired) electrons. The average Bonchev–Trinajstić information content (AvgIpc) is 2.45. The zero-order valence-corrected chi connectivity index (χ0v) is 10.7. The SMILES string of the molecule is CC1CN(C(=O)c2ccncc2NN)CC(CO)O1. The number of hydrogen-bond acceptors (Lipinski definition) is 6. The molecule has 104 valence electrons. The number of nitrogens with two attached hydrogens (primary N) is 1. The van der Waals surface area contributed by atoms with Gasteiger partial charge >= 0.3 is 0 Å². The van der Waals surface area contributed by atoms with E-state index in [4.69, 9.17) is 10.6 Å². The monoisotopic (exact) mass is 266 g/mol. The summed E-state index contributed by atoms with van der Waals surface area (Å²) in [6.07, 6.45) is 2.59. The van der Waals surface area contributed by atoms with Crippen LogP contribution in [0.1, 0.15) is 17.3 Å². The number of carbonyl (C=O) groups is 1. The molecule has 2 atom stereocenters. The van der Waals surface area contributed by atoms with Crippen LogP contribution < -0.4 is 11.3 Å². The summed E-state index contributed by atoms with van der Waals surface area (Å²) in [6, 6.07) is 1.62. The quantitative estimate of drug-likeness (QED) is 0.508. The Bertz CT molecular complexity index is 454. The van der Waals surface area contributed by atoms with Crippen LogP contribution in [0.2, 0.25) is 0 Å². The Morgan fingerprint density at radius 2 is 2.47 bits per heavy atom. The number of aliphatic hydroxyl groups excluding tert-OH is 1. The zero-order valence-electron chi connectivity index (χ0n) is 10.7. The van der Waals surface area contributed by atoms with Crippen molar-refractivity contribution in [1.29, 1.82) is 0 Å². The Hall–Kier alpha value is -1.70. The van der Waals surface area contributed by atoms with Gasteiger partial charge in [-0.15, -0.1) is 0 Å². The van der Waals surface area contributed by atoms with Gasteiger partial charge in [0.1, 0.15) is 0 Å². The van der Waals surface area contributed by atoms with E-state index in [0.717, 1.165) is 0 Å². The summed E-state index contributed by atoms with van der Waals surface area (Å²) >= 11 is 0. The summed E-state index contributed by atoms with van der Waals surface area (Å²) in [5.74, 6) is 5.22. The van der Waals surface area contributed by atoms with E-state index in [1.54, 1.807) is 17.2 Å². The van der Waals surface area contributed by atoms with Crippen LogP contribution in [-0.4, -0.2) is 52.8 Å². The third-order valence-electron chi connectivity index (χ3n) is 3.02. The average molecular weight is 266 g/mol. The number of aromatic nitrogens is 1. The molecule has 1 fully saturated rings. The minimum Gasteiger partial charge on any atom is -0.394 e. The van der Waals surface area contributed by atoms with Crippen molar-refractivity contribution in [2.24, 2.45) is 5.84 Å². The Balaban J connectivity index is 2.18. The molecule has 1 aliphatic heterocycles. The third kappa shape index (κ3) is 3.01. The van der Waals surface area contributed by atoms with E-state index < -0.39 is 0 Å². The van der Waals surface area contributed by atoms with Crippen LogP contribution in [0.15, 0.2) is 18.5 Å². The summed E-state index contributed by atoms with van der Waals surface area (Å²) in [6.45, 7) is 2.62. The van der Waals surface area contributed by atoms with E-state index >= 15 is 0 Å². The molecule has 2 heterocycles. The normalized spacial score (nSPS) is 23.2. The van der Waals surface area contributed by atoms with E-state index in [1.807, 2.05) is 6.92 Å². The maximum Gasteiger partial charge on any atom is 0.256 e. The number of pyridine rings is 1. The molecule has 4 N–H and O–H groups in total. The Morgan fingerprint density at radius 3 is 3.16 bits per heavy atom. The number of nitrogens with zero attached hydrogens (tertiary/aromatic N) is 2. The van der Waals surface area contributed by atoms with Crippen LogP contribution in [0, 0.1) is 0 Å². The Labute approximate surface area is 111 Å². The van der Waals surface area contributed by atoms with Crippen LogP contribution in [0.25, 0.3) is 0 Å². The molecule has 1 amide bonds. The Kier molecular flexibility index (Phi) is 4.31. The highest BCUT2D eigenvalue weighted by Gasteiger charge is 2.29. The van der Waals surface area contributed by atoms with Gasteiger partial charge in [-0.25, -0.2) is 0 Å². The lowest BCUT2D eigenvalue weighted by atomic mass is 10.1. The number of amides is 1. The number of aliphatic hydroxyl groups is 1. The maximum atomic E-state index is 12.5. The van der Waals surface area contributed by atoms with E-state index in [2.05, 4.69) is 10.4 Å². The van der Waals surface area contributed by atoms with Crippen molar-refractivity contribution in [1.82, 2.24) is 9.88 Å². The van der Waals surface area contributed by atoms with Gasteiger partial charge in [-0.05, 0) is 13.0 Å². The van der Waals surface area contributed by atoms with Gasteiger partial charge in [0.25, 0.3) is 5.91 Å². The van der Waals surface area contributed by atoms with Gasteiger partial charge in [0.2, 0.25) is 0 Å². The maximum absolute atomic E-state index is 12.5. The second-order valence-electron chi connectivity index (χ2n) is 4.53. The number of nitrogens with one attached hydrogen (secondary N) is 1. The van der Waals surface area contributed by atoms with Crippen molar-refractivity contribution in [3.8, 4) is 0 Å². The van der Waals surface area contributed by atoms with Crippen molar-refractivity contribution < 1.29 is 14.6 Å². The van der Waals surface area contributed by atoms with Crippen LogP contribution in [0.4, 0.5) is 5.69 Å². The zero-order chi connectivity index (χ0) is 13.8. The topological polar surface area (TPSA) is 101 Å².